The molecule has 0 aromatic carbocycles. The van der Waals surface area contributed by atoms with Gasteiger partial charge in [-0.25, -0.2) is 24.5 Å². The van der Waals surface area contributed by atoms with Crippen LogP contribution in [0, 0.1) is 0 Å². The predicted octanol–water partition coefficient (Wildman–Crippen LogP) is 8.08. The highest BCUT2D eigenvalue weighted by atomic mass is 16.6. The number of aromatic nitrogens is 3. The van der Waals surface area contributed by atoms with Crippen molar-refractivity contribution in [2.75, 3.05) is 77.2 Å². The molecule has 3 aromatic rings. The van der Waals surface area contributed by atoms with E-state index in [2.05, 4.69) is 61.9 Å². The van der Waals surface area contributed by atoms with E-state index in [-0.39, 0.29) is 12.5 Å². The van der Waals surface area contributed by atoms with Crippen LogP contribution in [0.3, 0.4) is 0 Å². The second-order valence-corrected chi connectivity index (χ2v) is 21.2. The third-order valence-corrected chi connectivity index (χ3v) is 12.7. The van der Waals surface area contributed by atoms with Gasteiger partial charge in [0.2, 0.25) is 0 Å². The fraction of sp³-hybridized carbons (Fsp3) is 0.673. The quantitative estimate of drug-likeness (QED) is 0.110. The maximum absolute atomic E-state index is 12.0. The zero-order valence-electron chi connectivity index (χ0n) is 42.8. The Balaban J connectivity index is 0.000000163. The SMILES string of the molecule is CC(C)(C)OC(=O)Nc1ccc(C2CCOC2)c(CO)n1.CN(Cc1nc(N)ccc1C1CCOC1)C1CC1.CN(Cc1nc(NC(=O)OC(C)(C)C)ccc1C1CCOC1)C1CC1.CNC1CC1. The highest BCUT2D eigenvalue weighted by molar-refractivity contribution is 5.84. The predicted molar refractivity (Wildman–Crippen MR) is 268 cm³/mol. The molecule has 6 heterocycles. The molecule has 3 aliphatic heterocycles. The van der Waals surface area contributed by atoms with Gasteiger partial charge in [-0.15, -0.1) is 0 Å². The molecule has 382 valence electrons. The Morgan fingerprint density at radius 3 is 1.35 bits per heavy atom. The Kier molecular flexibility index (Phi) is 19.6. The lowest BCUT2D eigenvalue weighted by Crippen LogP contribution is -2.28. The lowest BCUT2D eigenvalue weighted by Gasteiger charge is -2.22. The fourth-order valence-corrected chi connectivity index (χ4v) is 8.48. The summed E-state index contributed by atoms with van der Waals surface area (Å²) in [6.07, 6.45) is 9.98. The number of anilines is 3. The van der Waals surface area contributed by atoms with Crippen LogP contribution in [0.25, 0.3) is 0 Å². The van der Waals surface area contributed by atoms with Crippen molar-refractivity contribution < 1.29 is 38.4 Å². The molecule has 69 heavy (non-hydrogen) atoms. The highest BCUT2D eigenvalue weighted by Gasteiger charge is 2.31. The minimum atomic E-state index is -0.564. The summed E-state index contributed by atoms with van der Waals surface area (Å²) in [6.45, 7) is 17.1. The van der Waals surface area contributed by atoms with Crippen LogP contribution in [0.1, 0.15) is 151 Å². The molecule has 0 bridgehead atoms. The number of nitrogens with one attached hydrogen (secondary N) is 3. The average molecular weight is 960 g/mol. The van der Waals surface area contributed by atoms with Crippen molar-refractivity contribution in [1.82, 2.24) is 30.1 Å². The molecular weight excluding hydrogens is 879 g/mol. The summed E-state index contributed by atoms with van der Waals surface area (Å²) in [6, 6.07) is 13.9. The molecule has 2 amide bonds. The minimum absolute atomic E-state index is 0.171. The largest absolute Gasteiger partial charge is 0.444 e. The van der Waals surface area contributed by atoms with Crippen molar-refractivity contribution in [2.24, 2.45) is 0 Å². The number of nitrogens with two attached hydrogens (primary N) is 1. The van der Waals surface area contributed by atoms with Crippen molar-refractivity contribution in [2.45, 2.75) is 166 Å². The van der Waals surface area contributed by atoms with Crippen LogP contribution in [-0.2, 0) is 43.4 Å². The molecule has 17 nitrogen and oxygen atoms in total. The standard InChI is InChI=1S/C19H29N3O3.C15H22N2O4.C14H21N3O.C4H9N/c1-19(2,3)25-18(23)21-17-8-7-15(13-9-10-24-12-13)16(20-17)11-22(4)14-5-6-14;1-15(2,3)21-14(19)17-13-5-4-11(12(8-18)16-13)10-6-7-20-9-10;1-17(11-2-3-11)8-13-12(4-5-14(15)16-13)10-6-7-18-9-10;1-5-4-2-3-4/h7-8,13-14H,5-6,9-12H2,1-4H3,(H,20,21,23);4-5,10,18H,6-9H2,1-3H3,(H,16,17,19);4-5,10-11H,2-3,6-9H2,1H3,(H2,15,16);4-5H,2-3H2,1H3. The first-order chi connectivity index (χ1) is 32.9. The number of pyridine rings is 3. The first-order valence-corrected chi connectivity index (χ1v) is 25.0. The second kappa shape index (κ2) is 25.1. The number of carbonyl (C=O) groups excluding carboxylic acids is 2. The Bertz CT molecular complexity index is 2100. The third-order valence-electron chi connectivity index (χ3n) is 12.7. The topological polar surface area (TPSA) is 208 Å². The van der Waals surface area contributed by atoms with Crippen molar-refractivity contribution in [3.63, 3.8) is 0 Å². The molecule has 3 saturated heterocycles. The number of aliphatic hydroxyl groups excluding tert-OH is 1. The second-order valence-electron chi connectivity index (χ2n) is 21.2. The van der Waals surface area contributed by atoms with E-state index in [0.717, 1.165) is 94.4 Å². The van der Waals surface area contributed by atoms with Crippen molar-refractivity contribution in [3.8, 4) is 0 Å². The molecule has 6 N–H and O–H groups in total. The maximum atomic E-state index is 12.0. The molecule has 0 spiro atoms. The monoisotopic (exact) mass is 960 g/mol. The summed E-state index contributed by atoms with van der Waals surface area (Å²) in [5.41, 5.74) is 11.0. The van der Waals surface area contributed by atoms with Gasteiger partial charge in [0.25, 0.3) is 0 Å². The number of hydrogen-bond acceptors (Lipinski definition) is 15. The summed E-state index contributed by atoms with van der Waals surface area (Å²) in [5, 5.41) is 17.9. The summed E-state index contributed by atoms with van der Waals surface area (Å²) in [4.78, 5) is 42.0. The first-order valence-electron chi connectivity index (χ1n) is 25.0. The number of nitrogens with zero attached hydrogens (tertiary/aromatic N) is 5. The number of amides is 2. The van der Waals surface area contributed by atoms with Gasteiger partial charge >= 0.3 is 12.2 Å². The van der Waals surface area contributed by atoms with Gasteiger partial charge in [0.15, 0.2) is 0 Å². The molecule has 3 aliphatic carbocycles. The van der Waals surface area contributed by atoms with E-state index in [9.17, 15) is 14.7 Å². The van der Waals surface area contributed by atoms with Gasteiger partial charge in [-0.2, -0.15) is 0 Å². The van der Waals surface area contributed by atoms with Crippen LogP contribution in [0.4, 0.5) is 27.0 Å². The van der Waals surface area contributed by atoms with Gasteiger partial charge in [0.1, 0.15) is 28.7 Å². The molecule has 3 unspecified atom stereocenters. The summed E-state index contributed by atoms with van der Waals surface area (Å²) in [7, 11) is 6.33. The van der Waals surface area contributed by atoms with E-state index in [1.54, 1.807) is 26.8 Å². The lowest BCUT2D eigenvalue weighted by molar-refractivity contribution is 0.0623. The van der Waals surface area contributed by atoms with Crippen LogP contribution in [-0.4, -0.2) is 132 Å². The molecule has 6 fully saturated rings. The summed E-state index contributed by atoms with van der Waals surface area (Å²) in [5.74, 6) is 2.69. The lowest BCUT2D eigenvalue weighted by atomic mass is 9.96. The van der Waals surface area contributed by atoms with Gasteiger partial charge in [0.05, 0.1) is 43.5 Å². The average Bonchev–Trinajstić information content (AvgIpc) is 4.27. The molecule has 6 aliphatic rings. The zero-order valence-corrected chi connectivity index (χ0v) is 42.8. The molecule has 17 heteroatoms. The van der Waals surface area contributed by atoms with Crippen LogP contribution in [0.2, 0.25) is 0 Å². The van der Waals surface area contributed by atoms with Crippen molar-refractivity contribution in [3.05, 3.63) is 70.2 Å². The van der Waals surface area contributed by atoms with Crippen LogP contribution < -0.4 is 21.7 Å². The fourth-order valence-electron chi connectivity index (χ4n) is 8.48. The van der Waals surface area contributed by atoms with Crippen molar-refractivity contribution >= 4 is 29.6 Å². The number of rotatable bonds is 13. The molecule has 3 aromatic heterocycles. The first kappa shape index (κ1) is 53.9. The van der Waals surface area contributed by atoms with Gasteiger partial charge in [-0.1, -0.05) is 18.2 Å². The number of nitrogen functional groups attached to an aromatic ring is 1. The summed E-state index contributed by atoms with van der Waals surface area (Å²) < 4.78 is 26.9. The van der Waals surface area contributed by atoms with E-state index < -0.39 is 23.4 Å². The highest BCUT2D eigenvalue weighted by Crippen LogP contribution is 2.34. The van der Waals surface area contributed by atoms with E-state index in [1.807, 2.05) is 46.0 Å². The van der Waals surface area contributed by atoms with Crippen molar-refractivity contribution in [1.29, 1.82) is 0 Å². The number of carbonyl (C=O) groups is 2. The van der Waals surface area contributed by atoms with Crippen LogP contribution in [0.5, 0.6) is 0 Å². The number of hydrogen-bond donors (Lipinski definition) is 5. The molecular formula is C52H81N9O8. The number of aliphatic hydroxyl groups is 1. The van der Waals surface area contributed by atoms with Crippen LogP contribution >= 0.6 is 0 Å². The van der Waals surface area contributed by atoms with E-state index >= 15 is 0 Å². The Morgan fingerprint density at radius 2 is 1.01 bits per heavy atom. The Labute approximate surface area is 410 Å². The molecule has 3 saturated carbocycles. The van der Waals surface area contributed by atoms with Crippen LogP contribution in [0.15, 0.2) is 36.4 Å². The van der Waals surface area contributed by atoms with Gasteiger partial charge in [-0.3, -0.25) is 20.4 Å². The van der Waals surface area contributed by atoms with Gasteiger partial charge < -0.3 is 39.8 Å². The molecule has 3 atom stereocenters. The Hall–Kier alpha value is -4.49. The normalized spacial score (nSPS) is 21.1. The van der Waals surface area contributed by atoms with E-state index in [4.69, 9.17) is 34.4 Å². The van der Waals surface area contributed by atoms with E-state index in [0.29, 0.717) is 47.6 Å². The third kappa shape index (κ3) is 18.3. The van der Waals surface area contributed by atoms with Gasteiger partial charge in [-0.05, 0) is 155 Å². The maximum Gasteiger partial charge on any atom is 0.413 e. The van der Waals surface area contributed by atoms with E-state index in [1.165, 1.54) is 49.7 Å². The molecule has 9 rings (SSSR count). The molecule has 0 radical (unpaired) electrons. The smallest absolute Gasteiger partial charge is 0.413 e. The Morgan fingerprint density at radius 1 is 0.623 bits per heavy atom. The number of ether oxygens (including phenoxy) is 5. The zero-order chi connectivity index (χ0) is 49.7. The van der Waals surface area contributed by atoms with Gasteiger partial charge in [0, 0.05) is 68.8 Å². The minimum Gasteiger partial charge on any atom is -0.444 e. The summed E-state index contributed by atoms with van der Waals surface area (Å²) >= 11 is 0.